The molecule has 0 amide bonds. The van der Waals surface area contributed by atoms with Crippen LogP contribution in [0.15, 0.2) is 34.4 Å². The van der Waals surface area contributed by atoms with Crippen molar-refractivity contribution in [3.05, 3.63) is 34.4 Å². The van der Waals surface area contributed by atoms with E-state index >= 15 is 0 Å². The highest BCUT2D eigenvalue weighted by Crippen LogP contribution is 2.70. The third-order valence-electron chi connectivity index (χ3n) is 11.2. The molecule has 0 aromatic rings. The van der Waals surface area contributed by atoms with Gasteiger partial charge in [-0.2, -0.15) is 0 Å². The second kappa shape index (κ2) is 6.92. The molecule has 1 saturated carbocycles. The first-order valence-corrected chi connectivity index (χ1v) is 12.8. The first-order valence-electron chi connectivity index (χ1n) is 12.8. The molecular formula is C28H36O6. The van der Waals surface area contributed by atoms with Gasteiger partial charge < -0.3 is 19.7 Å². The number of aliphatic hydroxyl groups is 2. The number of rotatable bonds is 2. The van der Waals surface area contributed by atoms with Gasteiger partial charge in [0.05, 0.1) is 17.6 Å². The van der Waals surface area contributed by atoms with Gasteiger partial charge in [0, 0.05) is 23.3 Å². The minimum absolute atomic E-state index is 0.0324. The Balaban J connectivity index is 1.36. The van der Waals surface area contributed by atoms with Crippen LogP contribution in [0.25, 0.3) is 0 Å². The fourth-order valence-electron chi connectivity index (χ4n) is 8.62. The summed E-state index contributed by atoms with van der Waals surface area (Å²) < 4.78 is 12.0. The third-order valence-corrected chi connectivity index (χ3v) is 11.2. The number of fused-ring (bicyclic) bond motifs is 3. The summed E-state index contributed by atoms with van der Waals surface area (Å²) in [5, 5.41) is 22.3. The molecule has 0 aromatic carbocycles. The molecule has 6 aliphatic rings. The van der Waals surface area contributed by atoms with Crippen molar-refractivity contribution in [2.75, 3.05) is 0 Å². The topological polar surface area (TPSA) is 96.4 Å². The molecule has 184 valence electrons. The number of esters is 1. The first kappa shape index (κ1) is 22.7. The molecule has 0 radical (unpaired) electrons. The van der Waals surface area contributed by atoms with E-state index in [-0.39, 0.29) is 41.7 Å². The Hall–Kier alpha value is -1.76. The summed E-state index contributed by atoms with van der Waals surface area (Å²) in [4.78, 5) is 25.7. The van der Waals surface area contributed by atoms with E-state index < -0.39 is 28.6 Å². The normalized spacial score (nSPS) is 50.3. The standard InChI is InChI=1S/C28H36O6/c1-13-10-20(33-25(32)14(13)2)15(3)26(4)18-6-7-19-17(16(18)11-23(26)31)12-24-28(34-24)22(30)9-8-21(29)27(19,28)5/h8-9,15,17,19-20,22-24,30-31H,6-7,10-12H2,1-5H3/t15-,17+,19+,20-,22+,23-,24-,26+,27+,28-/m1/s1. The predicted octanol–water partition coefficient (Wildman–Crippen LogP) is 3.42. The maximum Gasteiger partial charge on any atom is 0.333 e. The molecule has 0 unspecified atom stereocenters. The lowest BCUT2D eigenvalue weighted by atomic mass is 9.48. The number of aliphatic hydroxyl groups excluding tert-OH is 2. The quantitative estimate of drug-likeness (QED) is 0.366. The van der Waals surface area contributed by atoms with Gasteiger partial charge in [-0.25, -0.2) is 4.79 Å². The minimum atomic E-state index is -0.788. The van der Waals surface area contributed by atoms with E-state index in [1.54, 1.807) is 12.2 Å². The fourth-order valence-corrected chi connectivity index (χ4v) is 8.62. The summed E-state index contributed by atoms with van der Waals surface area (Å²) in [6.07, 6.45) is 5.17. The molecule has 0 bridgehead atoms. The lowest BCUT2D eigenvalue weighted by molar-refractivity contribution is -0.152. The van der Waals surface area contributed by atoms with Crippen LogP contribution in [0.4, 0.5) is 0 Å². The smallest absolute Gasteiger partial charge is 0.333 e. The lowest BCUT2D eigenvalue weighted by Gasteiger charge is -2.53. The van der Waals surface area contributed by atoms with E-state index in [9.17, 15) is 19.8 Å². The summed E-state index contributed by atoms with van der Waals surface area (Å²) in [5.41, 5.74) is 2.32. The summed E-state index contributed by atoms with van der Waals surface area (Å²) in [6.45, 7) is 10.1. The second-order valence-electron chi connectivity index (χ2n) is 12.1. The molecule has 34 heavy (non-hydrogen) atoms. The third kappa shape index (κ3) is 2.47. The van der Waals surface area contributed by atoms with Gasteiger partial charge in [-0.3, -0.25) is 4.79 Å². The Bertz CT molecular complexity index is 1080. The zero-order valence-corrected chi connectivity index (χ0v) is 20.8. The van der Waals surface area contributed by atoms with Gasteiger partial charge >= 0.3 is 5.97 Å². The van der Waals surface area contributed by atoms with Crippen molar-refractivity contribution in [2.45, 2.75) is 96.7 Å². The summed E-state index contributed by atoms with van der Waals surface area (Å²) >= 11 is 0. The van der Waals surface area contributed by atoms with Crippen molar-refractivity contribution in [2.24, 2.45) is 28.6 Å². The van der Waals surface area contributed by atoms with Crippen molar-refractivity contribution in [1.82, 2.24) is 0 Å². The summed E-state index contributed by atoms with van der Waals surface area (Å²) in [7, 11) is 0. The molecule has 6 nitrogen and oxygen atoms in total. The Morgan fingerprint density at radius 1 is 1.15 bits per heavy atom. The van der Waals surface area contributed by atoms with Crippen molar-refractivity contribution in [3.63, 3.8) is 0 Å². The van der Waals surface area contributed by atoms with Crippen LogP contribution in [-0.4, -0.2) is 52.0 Å². The van der Waals surface area contributed by atoms with Crippen LogP contribution in [0.1, 0.15) is 66.7 Å². The fraction of sp³-hybridized carbons (Fsp3) is 0.714. The number of ether oxygens (including phenoxy) is 2. The number of cyclic esters (lactones) is 1. The summed E-state index contributed by atoms with van der Waals surface area (Å²) in [5.74, 6) is 0.0239. The van der Waals surface area contributed by atoms with E-state index in [0.717, 1.165) is 24.8 Å². The molecule has 6 heteroatoms. The largest absolute Gasteiger partial charge is 0.458 e. The number of epoxide rings is 1. The highest BCUT2D eigenvalue weighted by atomic mass is 16.6. The number of hydrogen-bond acceptors (Lipinski definition) is 6. The van der Waals surface area contributed by atoms with E-state index in [0.29, 0.717) is 18.4 Å². The van der Waals surface area contributed by atoms with Crippen molar-refractivity contribution in [3.8, 4) is 0 Å². The van der Waals surface area contributed by atoms with Crippen LogP contribution in [0.2, 0.25) is 0 Å². The minimum Gasteiger partial charge on any atom is -0.458 e. The molecule has 4 aliphatic carbocycles. The van der Waals surface area contributed by atoms with Crippen LogP contribution in [0, 0.1) is 28.6 Å². The van der Waals surface area contributed by atoms with Crippen LogP contribution in [0.3, 0.4) is 0 Å². The highest BCUT2D eigenvalue weighted by Gasteiger charge is 2.79. The molecule has 6 rings (SSSR count). The Morgan fingerprint density at radius 2 is 1.88 bits per heavy atom. The lowest BCUT2D eigenvalue weighted by Crippen LogP contribution is -2.61. The molecule has 1 spiro atoms. The van der Waals surface area contributed by atoms with Gasteiger partial charge in [0.1, 0.15) is 17.8 Å². The summed E-state index contributed by atoms with van der Waals surface area (Å²) in [6, 6.07) is 0. The van der Waals surface area contributed by atoms with E-state index in [4.69, 9.17) is 9.47 Å². The molecule has 2 N–H and O–H groups in total. The first-order chi connectivity index (χ1) is 16.0. The average molecular weight is 469 g/mol. The van der Waals surface area contributed by atoms with Crippen LogP contribution in [-0.2, 0) is 19.1 Å². The monoisotopic (exact) mass is 468 g/mol. The molecular weight excluding hydrogens is 432 g/mol. The number of allylic oxidation sites excluding steroid dienone is 1. The number of hydrogen-bond donors (Lipinski definition) is 2. The molecule has 2 heterocycles. The van der Waals surface area contributed by atoms with Crippen LogP contribution in [0.5, 0.6) is 0 Å². The molecule has 10 atom stereocenters. The molecule has 2 aliphatic heterocycles. The zero-order chi connectivity index (χ0) is 24.4. The Morgan fingerprint density at radius 3 is 2.59 bits per heavy atom. The van der Waals surface area contributed by atoms with Gasteiger partial charge in [0.25, 0.3) is 0 Å². The van der Waals surface area contributed by atoms with Gasteiger partial charge in [0.2, 0.25) is 0 Å². The number of ketones is 1. The van der Waals surface area contributed by atoms with Crippen molar-refractivity contribution >= 4 is 11.8 Å². The van der Waals surface area contributed by atoms with Gasteiger partial charge in [-0.15, -0.1) is 0 Å². The van der Waals surface area contributed by atoms with E-state index in [2.05, 4.69) is 13.8 Å². The van der Waals surface area contributed by atoms with Gasteiger partial charge in [-0.1, -0.05) is 30.6 Å². The Labute approximate surface area is 201 Å². The highest BCUT2D eigenvalue weighted by molar-refractivity contribution is 5.98. The van der Waals surface area contributed by atoms with Crippen LogP contribution >= 0.6 is 0 Å². The number of carbonyl (C=O) groups excluding carboxylic acids is 2. The van der Waals surface area contributed by atoms with Gasteiger partial charge in [-0.05, 0) is 70.4 Å². The average Bonchev–Trinajstić information content (AvgIpc) is 3.48. The van der Waals surface area contributed by atoms with Crippen LogP contribution < -0.4 is 0 Å². The van der Waals surface area contributed by atoms with Crippen molar-refractivity contribution in [1.29, 1.82) is 0 Å². The predicted molar refractivity (Wildman–Crippen MR) is 124 cm³/mol. The van der Waals surface area contributed by atoms with Crippen molar-refractivity contribution < 1.29 is 29.3 Å². The maximum atomic E-state index is 13.3. The second-order valence-corrected chi connectivity index (χ2v) is 12.1. The molecule has 0 aromatic heterocycles. The zero-order valence-electron chi connectivity index (χ0n) is 20.8. The van der Waals surface area contributed by atoms with E-state index in [1.807, 2.05) is 20.8 Å². The molecule has 1 saturated heterocycles. The number of carbonyl (C=O) groups is 2. The maximum absolute atomic E-state index is 13.3. The Kier molecular flexibility index (Phi) is 4.62. The van der Waals surface area contributed by atoms with Gasteiger partial charge in [0.15, 0.2) is 5.78 Å². The SMILES string of the molecule is CC1=C(C)C(=O)O[C@@H]([C@@H](C)[C@@]2(C)C3=C(C[C@H]2O)[C@@H]2C[C@H]4O[C@]45[C@@H](O)C=CC(=O)[C@]5(C)[C@H]2CC3)C1. The molecule has 2 fully saturated rings. The van der Waals surface area contributed by atoms with E-state index in [1.165, 1.54) is 11.1 Å².